The molecule has 1 amide bonds. The van der Waals surface area contributed by atoms with E-state index in [0.717, 1.165) is 30.6 Å². The zero-order valence-corrected chi connectivity index (χ0v) is 17.3. The molecule has 8 nitrogen and oxygen atoms in total. The average Bonchev–Trinajstić information content (AvgIpc) is 3.06. The number of rotatable bonds is 5. The molecule has 0 bridgehead atoms. The van der Waals surface area contributed by atoms with Gasteiger partial charge in [-0.15, -0.1) is 5.10 Å². The van der Waals surface area contributed by atoms with Crippen LogP contribution >= 0.6 is 11.6 Å². The predicted molar refractivity (Wildman–Crippen MR) is 111 cm³/mol. The van der Waals surface area contributed by atoms with Crippen molar-refractivity contribution >= 4 is 29.0 Å². The summed E-state index contributed by atoms with van der Waals surface area (Å²) < 4.78 is 16.2. The molecule has 0 radical (unpaired) electrons. The van der Waals surface area contributed by atoms with E-state index < -0.39 is 23.5 Å². The van der Waals surface area contributed by atoms with Gasteiger partial charge in [0.2, 0.25) is 11.6 Å². The highest BCUT2D eigenvalue weighted by Crippen LogP contribution is 2.21. The Hall–Kier alpha value is -2.94. The summed E-state index contributed by atoms with van der Waals surface area (Å²) >= 11 is 5.70. The molecule has 0 aliphatic carbocycles. The molecule has 1 aliphatic rings. The topological polar surface area (TPSA) is 84.5 Å². The number of aromatic nitrogens is 4. The smallest absolute Gasteiger partial charge is 0.350 e. The Labute approximate surface area is 177 Å². The highest BCUT2D eigenvalue weighted by atomic mass is 35.5. The van der Waals surface area contributed by atoms with Crippen molar-refractivity contribution < 1.29 is 9.18 Å². The molecule has 1 N–H and O–H groups in total. The van der Waals surface area contributed by atoms with Gasteiger partial charge in [0.05, 0.1) is 11.1 Å². The summed E-state index contributed by atoms with van der Waals surface area (Å²) in [4.78, 5) is 31.7. The molecule has 1 atom stereocenters. The lowest BCUT2D eigenvalue weighted by atomic mass is 10.1. The molecule has 1 aromatic carbocycles. The summed E-state index contributed by atoms with van der Waals surface area (Å²) in [6.45, 7) is 3.21. The molecule has 10 heteroatoms. The second-order valence-corrected chi connectivity index (χ2v) is 7.80. The van der Waals surface area contributed by atoms with Gasteiger partial charge in [-0.2, -0.15) is 0 Å². The molecular weight excluding hydrogens is 411 g/mol. The van der Waals surface area contributed by atoms with Crippen LogP contribution in [0, 0.1) is 5.82 Å². The van der Waals surface area contributed by atoms with Crippen LogP contribution in [0.3, 0.4) is 0 Å². The monoisotopic (exact) mass is 432 g/mol. The third-order valence-corrected chi connectivity index (χ3v) is 5.56. The number of piperidine rings is 1. The Morgan fingerprint density at radius 2 is 2.07 bits per heavy atom. The Kier molecular flexibility index (Phi) is 5.72. The van der Waals surface area contributed by atoms with E-state index in [-0.39, 0.29) is 11.6 Å². The average molecular weight is 433 g/mol. The van der Waals surface area contributed by atoms with Crippen molar-refractivity contribution in [3.8, 4) is 0 Å². The summed E-state index contributed by atoms with van der Waals surface area (Å²) in [5.41, 5.74) is 0.597. The Bertz CT molecular complexity index is 1140. The SMILES string of the molecule is C[C@H](NC(=O)Cn1nc2c(N3CCCCC3)nccn2c1=O)c1ccc(Cl)c(F)c1. The number of carbonyl (C=O) groups excluding carboxylic acids is 1. The first-order valence-electron chi connectivity index (χ1n) is 9.87. The van der Waals surface area contributed by atoms with E-state index in [1.165, 1.54) is 23.0 Å². The van der Waals surface area contributed by atoms with Crippen molar-refractivity contribution in [1.29, 1.82) is 0 Å². The summed E-state index contributed by atoms with van der Waals surface area (Å²) in [6.07, 6.45) is 6.43. The third-order valence-electron chi connectivity index (χ3n) is 5.25. The minimum Gasteiger partial charge on any atom is -0.353 e. The van der Waals surface area contributed by atoms with Gasteiger partial charge in [0, 0.05) is 25.5 Å². The quantitative estimate of drug-likeness (QED) is 0.669. The van der Waals surface area contributed by atoms with Gasteiger partial charge >= 0.3 is 5.69 Å². The van der Waals surface area contributed by atoms with Gasteiger partial charge in [0.25, 0.3) is 0 Å². The van der Waals surface area contributed by atoms with E-state index in [4.69, 9.17) is 11.6 Å². The van der Waals surface area contributed by atoms with Gasteiger partial charge in [-0.3, -0.25) is 4.79 Å². The summed E-state index contributed by atoms with van der Waals surface area (Å²) in [5.74, 6) is -0.307. The second-order valence-electron chi connectivity index (χ2n) is 7.40. The minimum atomic E-state index is -0.551. The highest BCUT2D eigenvalue weighted by molar-refractivity contribution is 6.30. The molecule has 1 fully saturated rings. The third kappa shape index (κ3) is 4.02. The summed E-state index contributed by atoms with van der Waals surface area (Å²) in [6, 6.07) is 3.91. The van der Waals surface area contributed by atoms with Crippen LogP contribution in [0.25, 0.3) is 5.65 Å². The number of amides is 1. The molecular formula is C20H22ClFN6O2. The van der Waals surface area contributed by atoms with Crippen LogP contribution in [-0.4, -0.2) is 38.2 Å². The fraction of sp³-hybridized carbons (Fsp3) is 0.400. The lowest BCUT2D eigenvalue weighted by Crippen LogP contribution is -2.34. The van der Waals surface area contributed by atoms with Crippen LogP contribution in [0.1, 0.15) is 37.8 Å². The zero-order valence-electron chi connectivity index (χ0n) is 16.5. The van der Waals surface area contributed by atoms with Crippen LogP contribution in [0.5, 0.6) is 0 Å². The van der Waals surface area contributed by atoms with Gasteiger partial charge in [0.15, 0.2) is 5.82 Å². The van der Waals surface area contributed by atoms with Crippen molar-refractivity contribution in [2.45, 2.75) is 38.8 Å². The van der Waals surface area contributed by atoms with Gasteiger partial charge < -0.3 is 10.2 Å². The largest absolute Gasteiger partial charge is 0.353 e. The van der Waals surface area contributed by atoms with Crippen LogP contribution in [0.2, 0.25) is 5.02 Å². The van der Waals surface area contributed by atoms with Crippen molar-refractivity contribution in [3.63, 3.8) is 0 Å². The molecule has 4 rings (SSSR count). The fourth-order valence-corrected chi connectivity index (χ4v) is 3.77. The molecule has 158 valence electrons. The molecule has 1 aliphatic heterocycles. The Balaban J connectivity index is 1.53. The maximum Gasteiger partial charge on any atom is 0.350 e. The van der Waals surface area contributed by atoms with E-state index >= 15 is 0 Å². The number of anilines is 1. The molecule has 0 saturated carbocycles. The van der Waals surface area contributed by atoms with Gasteiger partial charge in [-0.25, -0.2) is 23.3 Å². The van der Waals surface area contributed by atoms with Gasteiger partial charge in [-0.05, 0) is 43.9 Å². The minimum absolute atomic E-state index is 0.0200. The van der Waals surface area contributed by atoms with Gasteiger partial charge in [0.1, 0.15) is 12.4 Å². The van der Waals surface area contributed by atoms with Crippen molar-refractivity contribution in [2.75, 3.05) is 18.0 Å². The maximum absolute atomic E-state index is 13.7. The second kappa shape index (κ2) is 8.43. The van der Waals surface area contributed by atoms with Crippen molar-refractivity contribution in [2.24, 2.45) is 0 Å². The molecule has 0 spiro atoms. The van der Waals surface area contributed by atoms with Crippen LogP contribution in [0.4, 0.5) is 10.2 Å². The number of nitrogens with one attached hydrogen (secondary N) is 1. The van der Waals surface area contributed by atoms with E-state index in [0.29, 0.717) is 17.0 Å². The van der Waals surface area contributed by atoms with Crippen LogP contribution in [-0.2, 0) is 11.3 Å². The standard InChI is InChI=1S/C20H22ClFN6O2/c1-13(14-5-6-15(21)16(22)11-14)24-17(29)12-28-20(30)27-10-7-23-18(19(27)25-28)26-8-3-2-4-9-26/h5-7,10-11,13H,2-4,8-9,12H2,1H3,(H,24,29)/t13-/m0/s1. The number of halogens is 2. The number of hydrogen-bond donors (Lipinski definition) is 1. The van der Waals surface area contributed by atoms with Crippen LogP contribution in [0.15, 0.2) is 35.4 Å². The van der Waals surface area contributed by atoms with Crippen molar-refractivity contribution in [1.82, 2.24) is 24.5 Å². The molecule has 3 heterocycles. The summed E-state index contributed by atoms with van der Waals surface area (Å²) in [5, 5.41) is 7.14. The van der Waals surface area contributed by atoms with E-state index in [9.17, 15) is 14.0 Å². The fourth-order valence-electron chi connectivity index (χ4n) is 3.66. The Morgan fingerprint density at radius 1 is 1.30 bits per heavy atom. The van der Waals surface area contributed by atoms with Crippen molar-refractivity contribution in [3.05, 3.63) is 57.5 Å². The number of carbonyl (C=O) groups is 1. The van der Waals surface area contributed by atoms with E-state index in [1.807, 2.05) is 0 Å². The van der Waals surface area contributed by atoms with E-state index in [2.05, 4.69) is 20.3 Å². The first-order valence-corrected chi connectivity index (χ1v) is 10.3. The van der Waals surface area contributed by atoms with Crippen LogP contribution < -0.4 is 15.9 Å². The molecule has 30 heavy (non-hydrogen) atoms. The number of nitrogens with zero attached hydrogens (tertiary/aromatic N) is 5. The lowest BCUT2D eigenvalue weighted by molar-refractivity contribution is -0.122. The molecule has 2 aromatic heterocycles. The molecule has 1 saturated heterocycles. The lowest BCUT2D eigenvalue weighted by Gasteiger charge is -2.27. The normalized spacial score (nSPS) is 15.4. The highest BCUT2D eigenvalue weighted by Gasteiger charge is 2.20. The molecule has 3 aromatic rings. The first kappa shape index (κ1) is 20.3. The number of hydrogen-bond acceptors (Lipinski definition) is 5. The van der Waals surface area contributed by atoms with E-state index in [1.54, 1.807) is 25.4 Å². The zero-order chi connectivity index (χ0) is 21.3. The summed E-state index contributed by atoms with van der Waals surface area (Å²) in [7, 11) is 0. The maximum atomic E-state index is 13.7. The number of benzene rings is 1. The number of fused-ring (bicyclic) bond motifs is 1. The Morgan fingerprint density at radius 3 is 2.80 bits per heavy atom. The molecule has 0 unspecified atom stereocenters. The first-order chi connectivity index (χ1) is 14.4. The predicted octanol–water partition coefficient (Wildman–Crippen LogP) is 2.55. The van der Waals surface area contributed by atoms with Gasteiger partial charge in [-0.1, -0.05) is 17.7 Å².